The van der Waals surface area contributed by atoms with Crippen molar-refractivity contribution in [3.63, 3.8) is 0 Å². The van der Waals surface area contributed by atoms with E-state index in [2.05, 4.69) is 26.1 Å². The molecule has 0 saturated heterocycles. The first-order valence-corrected chi connectivity index (χ1v) is 5.61. The molecule has 1 aromatic rings. The Balaban J connectivity index is 2.39. The number of hydrogen-bond donors (Lipinski definition) is 2. The van der Waals surface area contributed by atoms with Crippen LogP contribution in [0.5, 0.6) is 0 Å². The van der Waals surface area contributed by atoms with E-state index in [0.29, 0.717) is 18.5 Å². The molecular formula is C12H20N2O2. The number of carbonyl (C=O) groups is 1. The normalized spacial score (nSPS) is 13.0. The minimum absolute atomic E-state index is 0.216. The average Bonchev–Trinajstić information content (AvgIpc) is 2.61. The predicted octanol–water partition coefficient (Wildman–Crippen LogP) is 1.90. The lowest BCUT2D eigenvalue weighted by Crippen LogP contribution is -2.26. The minimum atomic E-state index is -0.526. The Kier molecular flexibility index (Phi) is 4.55. The monoisotopic (exact) mass is 224 g/mol. The van der Waals surface area contributed by atoms with Gasteiger partial charge in [0.1, 0.15) is 5.76 Å². The number of nitrogens with one attached hydrogen (secondary N) is 1. The lowest BCUT2D eigenvalue weighted by Gasteiger charge is -2.14. The standard InChI is InChI=1S/C12H20N2O2/c1-8(2)6-9(3)14-7-10-4-5-11(16-10)12(13)15/h4-5,8-9,14H,6-7H2,1-3H3,(H2,13,15). The molecule has 0 bridgehead atoms. The summed E-state index contributed by atoms with van der Waals surface area (Å²) >= 11 is 0. The fourth-order valence-corrected chi connectivity index (χ4v) is 1.67. The zero-order valence-corrected chi connectivity index (χ0v) is 10.1. The van der Waals surface area contributed by atoms with E-state index in [-0.39, 0.29) is 5.76 Å². The van der Waals surface area contributed by atoms with Crippen LogP contribution in [0.25, 0.3) is 0 Å². The maximum absolute atomic E-state index is 10.8. The van der Waals surface area contributed by atoms with Crippen LogP contribution in [-0.2, 0) is 6.54 Å². The first kappa shape index (κ1) is 12.8. The van der Waals surface area contributed by atoms with Crippen molar-refractivity contribution in [2.45, 2.75) is 39.8 Å². The number of furan rings is 1. The predicted molar refractivity (Wildman–Crippen MR) is 63.0 cm³/mol. The molecule has 0 radical (unpaired) electrons. The molecule has 1 aromatic heterocycles. The van der Waals surface area contributed by atoms with Crippen LogP contribution >= 0.6 is 0 Å². The summed E-state index contributed by atoms with van der Waals surface area (Å²) in [5.74, 6) is 1.10. The van der Waals surface area contributed by atoms with Gasteiger partial charge >= 0.3 is 0 Å². The fourth-order valence-electron chi connectivity index (χ4n) is 1.67. The second kappa shape index (κ2) is 5.70. The molecule has 0 aliphatic rings. The van der Waals surface area contributed by atoms with Gasteiger partial charge in [-0.05, 0) is 31.4 Å². The molecule has 0 saturated carbocycles. The molecular weight excluding hydrogens is 204 g/mol. The highest BCUT2D eigenvalue weighted by Gasteiger charge is 2.08. The maximum atomic E-state index is 10.8. The summed E-state index contributed by atoms with van der Waals surface area (Å²) in [6, 6.07) is 3.81. The Morgan fingerprint density at radius 3 is 2.62 bits per heavy atom. The first-order valence-electron chi connectivity index (χ1n) is 5.61. The van der Waals surface area contributed by atoms with E-state index >= 15 is 0 Å². The Morgan fingerprint density at radius 2 is 2.12 bits per heavy atom. The topological polar surface area (TPSA) is 68.3 Å². The van der Waals surface area contributed by atoms with Gasteiger partial charge in [-0.2, -0.15) is 0 Å². The van der Waals surface area contributed by atoms with Crippen LogP contribution in [0.4, 0.5) is 0 Å². The third-order valence-corrected chi connectivity index (χ3v) is 2.35. The van der Waals surface area contributed by atoms with E-state index in [1.165, 1.54) is 0 Å². The van der Waals surface area contributed by atoms with Crippen LogP contribution in [0, 0.1) is 5.92 Å². The van der Waals surface area contributed by atoms with Crippen molar-refractivity contribution >= 4 is 5.91 Å². The highest BCUT2D eigenvalue weighted by molar-refractivity contribution is 5.89. The Labute approximate surface area is 96.2 Å². The molecule has 4 nitrogen and oxygen atoms in total. The summed E-state index contributed by atoms with van der Waals surface area (Å²) < 4.78 is 5.26. The van der Waals surface area contributed by atoms with E-state index in [1.807, 2.05) is 0 Å². The molecule has 1 atom stereocenters. The van der Waals surface area contributed by atoms with Crippen molar-refractivity contribution in [2.24, 2.45) is 11.7 Å². The minimum Gasteiger partial charge on any atom is -0.455 e. The van der Waals surface area contributed by atoms with Crippen LogP contribution in [0.15, 0.2) is 16.5 Å². The van der Waals surface area contributed by atoms with Gasteiger partial charge in [0.15, 0.2) is 5.76 Å². The van der Waals surface area contributed by atoms with Gasteiger partial charge in [0.2, 0.25) is 0 Å². The quantitative estimate of drug-likeness (QED) is 0.775. The number of hydrogen-bond acceptors (Lipinski definition) is 3. The van der Waals surface area contributed by atoms with Gasteiger partial charge in [0.05, 0.1) is 6.54 Å². The van der Waals surface area contributed by atoms with E-state index in [4.69, 9.17) is 10.2 Å². The zero-order chi connectivity index (χ0) is 12.1. The van der Waals surface area contributed by atoms with E-state index in [1.54, 1.807) is 12.1 Å². The van der Waals surface area contributed by atoms with Crippen LogP contribution in [0.3, 0.4) is 0 Å². The lowest BCUT2D eigenvalue weighted by molar-refractivity contribution is 0.0972. The summed E-state index contributed by atoms with van der Waals surface area (Å²) in [5.41, 5.74) is 5.10. The van der Waals surface area contributed by atoms with Crippen molar-refractivity contribution < 1.29 is 9.21 Å². The number of carbonyl (C=O) groups excluding carboxylic acids is 1. The summed E-state index contributed by atoms with van der Waals surface area (Å²) in [6.07, 6.45) is 1.11. The molecule has 90 valence electrons. The van der Waals surface area contributed by atoms with Gasteiger partial charge in [-0.3, -0.25) is 4.79 Å². The molecule has 0 spiro atoms. The van der Waals surface area contributed by atoms with Crippen molar-refractivity contribution in [1.82, 2.24) is 5.32 Å². The van der Waals surface area contributed by atoms with E-state index < -0.39 is 5.91 Å². The fraction of sp³-hybridized carbons (Fsp3) is 0.583. The maximum Gasteiger partial charge on any atom is 0.284 e. The highest BCUT2D eigenvalue weighted by atomic mass is 16.3. The lowest BCUT2D eigenvalue weighted by atomic mass is 10.1. The first-order chi connectivity index (χ1) is 7.49. The average molecular weight is 224 g/mol. The van der Waals surface area contributed by atoms with Crippen LogP contribution in [0.2, 0.25) is 0 Å². The van der Waals surface area contributed by atoms with Crippen molar-refractivity contribution in [3.05, 3.63) is 23.7 Å². The van der Waals surface area contributed by atoms with Crippen LogP contribution < -0.4 is 11.1 Å². The third kappa shape index (κ3) is 4.06. The SMILES string of the molecule is CC(C)CC(C)NCc1ccc(C(N)=O)o1. The van der Waals surface area contributed by atoms with Crippen molar-refractivity contribution in [1.29, 1.82) is 0 Å². The number of primary amides is 1. The molecule has 1 rings (SSSR count). The Bertz CT molecular complexity index is 345. The second-order valence-corrected chi connectivity index (χ2v) is 4.54. The van der Waals surface area contributed by atoms with E-state index in [9.17, 15) is 4.79 Å². The molecule has 1 heterocycles. The van der Waals surface area contributed by atoms with Gasteiger partial charge < -0.3 is 15.5 Å². The molecule has 0 aliphatic heterocycles. The molecule has 4 heteroatoms. The van der Waals surface area contributed by atoms with Crippen molar-refractivity contribution in [3.8, 4) is 0 Å². The summed E-state index contributed by atoms with van der Waals surface area (Å²) in [7, 11) is 0. The van der Waals surface area contributed by atoms with Gasteiger partial charge in [-0.1, -0.05) is 13.8 Å². The largest absolute Gasteiger partial charge is 0.455 e. The number of rotatable bonds is 6. The molecule has 0 aliphatic carbocycles. The highest BCUT2D eigenvalue weighted by Crippen LogP contribution is 2.09. The van der Waals surface area contributed by atoms with Gasteiger partial charge in [0.25, 0.3) is 5.91 Å². The molecule has 1 amide bonds. The van der Waals surface area contributed by atoms with Gasteiger partial charge in [-0.25, -0.2) is 0 Å². The molecule has 16 heavy (non-hydrogen) atoms. The molecule has 0 fully saturated rings. The molecule has 0 aromatic carbocycles. The summed E-state index contributed by atoms with van der Waals surface area (Å²) in [6.45, 7) is 7.14. The van der Waals surface area contributed by atoms with E-state index in [0.717, 1.165) is 12.2 Å². The zero-order valence-electron chi connectivity index (χ0n) is 10.1. The van der Waals surface area contributed by atoms with Crippen LogP contribution in [-0.4, -0.2) is 11.9 Å². The third-order valence-electron chi connectivity index (χ3n) is 2.35. The number of nitrogens with two attached hydrogens (primary N) is 1. The Morgan fingerprint density at radius 1 is 1.44 bits per heavy atom. The van der Waals surface area contributed by atoms with Crippen LogP contribution in [0.1, 0.15) is 43.5 Å². The number of amides is 1. The van der Waals surface area contributed by atoms with Crippen molar-refractivity contribution in [2.75, 3.05) is 0 Å². The second-order valence-electron chi connectivity index (χ2n) is 4.54. The smallest absolute Gasteiger partial charge is 0.284 e. The molecule has 3 N–H and O–H groups in total. The molecule has 1 unspecified atom stereocenters. The van der Waals surface area contributed by atoms with Gasteiger partial charge in [0, 0.05) is 6.04 Å². The van der Waals surface area contributed by atoms with Gasteiger partial charge in [-0.15, -0.1) is 0 Å². The Hall–Kier alpha value is -1.29. The summed E-state index contributed by atoms with van der Waals surface area (Å²) in [5, 5.41) is 3.34. The summed E-state index contributed by atoms with van der Waals surface area (Å²) in [4.78, 5) is 10.8.